The van der Waals surface area contributed by atoms with Crippen LogP contribution < -0.4 is 5.43 Å². The zero-order valence-corrected chi connectivity index (χ0v) is 10.00. The summed E-state index contributed by atoms with van der Waals surface area (Å²) in [6, 6.07) is 1.26. The molecule has 1 fully saturated rings. The van der Waals surface area contributed by atoms with Gasteiger partial charge >= 0.3 is 0 Å². The van der Waals surface area contributed by atoms with Gasteiger partial charge in [-0.15, -0.1) is 0 Å². The number of fused-ring (bicyclic) bond motifs is 2. The average Bonchev–Trinajstić information content (AvgIpc) is 2.35. The van der Waals surface area contributed by atoms with Crippen LogP contribution in [-0.2, 0) is 11.3 Å². The van der Waals surface area contributed by atoms with Gasteiger partial charge in [0.2, 0.25) is 5.43 Å². The fourth-order valence-corrected chi connectivity index (χ4v) is 2.48. The first kappa shape index (κ1) is 11.3. The SMILES string of the molecule is C[C@@H]1CO[C@H]2Cn3ccc(=O)c(O)c3C(=O)N2C1. The summed E-state index contributed by atoms with van der Waals surface area (Å²) in [6.07, 6.45) is 1.22. The van der Waals surface area contributed by atoms with E-state index in [1.54, 1.807) is 9.47 Å². The van der Waals surface area contributed by atoms with Gasteiger partial charge in [-0.1, -0.05) is 6.92 Å². The van der Waals surface area contributed by atoms with Gasteiger partial charge in [0.15, 0.2) is 17.7 Å². The van der Waals surface area contributed by atoms with Crippen molar-refractivity contribution in [1.29, 1.82) is 0 Å². The van der Waals surface area contributed by atoms with Crippen molar-refractivity contribution in [2.45, 2.75) is 19.7 Å². The Labute approximate surface area is 103 Å². The van der Waals surface area contributed by atoms with E-state index in [1.165, 1.54) is 12.3 Å². The van der Waals surface area contributed by atoms with Crippen molar-refractivity contribution in [3.8, 4) is 5.75 Å². The molecule has 3 heterocycles. The molecule has 1 aromatic rings. The van der Waals surface area contributed by atoms with Crippen molar-refractivity contribution in [2.75, 3.05) is 13.2 Å². The molecule has 18 heavy (non-hydrogen) atoms. The summed E-state index contributed by atoms with van der Waals surface area (Å²) >= 11 is 0. The molecule has 0 radical (unpaired) electrons. The second-order valence-electron chi connectivity index (χ2n) is 4.88. The van der Waals surface area contributed by atoms with Crippen molar-refractivity contribution in [2.24, 2.45) is 5.92 Å². The lowest BCUT2D eigenvalue weighted by Crippen LogP contribution is -2.55. The Morgan fingerprint density at radius 2 is 2.17 bits per heavy atom. The Bertz CT molecular complexity index is 566. The van der Waals surface area contributed by atoms with E-state index >= 15 is 0 Å². The van der Waals surface area contributed by atoms with Gasteiger partial charge in [0.05, 0.1) is 13.2 Å². The number of aromatic nitrogens is 1. The Morgan fingerprint density at radius 3 is 2.94 bits per heavy atom. The molecule has 0 unspecified atom stereocenters. The van der Waals surface area contributed by atoms with Crippen LogP contribution in [0.5, 0.6) is 5.75 Å². The lowest BCUT2D eigenvalue weighted by atomic mass is 10.1. The van der Waals surface area contributed by atoms with Crippen molar-refractivity contribution in [3.63, 3.8) is 0 Å². The van der Waals surface area contributed by atoms with Gasteiger partial charge in [0, 0.05) is 18.8 Å². The maximum Gasteiger partial charge on any atom is 0.276 e. The highest BCUT2D eigenvalue weighted by molar-refractivity contribution is 5.96. The second kappa shape index (κ2) is 3.84. The highest BCUT2D eigenvalue weighted by Crippen LogP contribution is 2.26. The van der Waals surface area contributed by atoms with Gasteiger partial charge < -0.3 is 19.3 Å². The number of nitrogens with zero attached hydrogens (tertiary/aromatic N) is 2. The Morgan fingerprint density at radius 1 is 1.39 bits per heavy atom. The van der Waals surface area contributed by atoms with E-state index in [4.69, 9.17) is 4.74 Å². The number of ether oxygens (including phenoxy) is 1. The summed E-state index contributed by atoms with van der Waals surface area (Å²) in [5, 5.41) is 9.75. The normalized spacial score (nSPS) is 26.7. The monoisotopic (exact) mass is 250 g/mol. The van der Waals surface area contributed by atoms with Gasteiger partial charge in [0.1, 0.15) is 0 Å². The van der Waals surface area contributed by atoms with E-state index in [0.29, 0.717) is 19.7 Å². The number of carbonyl (C=O) groups excluding carboxylic acids is 1. The van der Waals surface area contributed by atoms with Crippen LogP contribution >= 0.6 is 0 Å². The summed E-state index contributed by atoms with van der Waals surface area (Å²) in [5.41, 5.74) is -0.463. The number of amides is 1. The maximum absolute atomic E-state index is 12.3. The van der Waals surface area contributed by atoms with E-state index in [-0.39, 0.29) is 23.7 Å². The predicted octanol–water partition coefficient (Wildman–Crippen LogP) is 0.00210. The van der Waals surface area contributed by atoms with Crippen molar-refractivity contribution >= 4 is 5.91 Å². The number of hydrogen-bond donors (Lipinski definition) is 1. The first-order valence-electron chi connectivity index (χ1n) is 5.93. The highest BCUT2D eigenvalue weighted by atomic mass is 16.5. The van der Waals surface area contributed by atoms with Crippen LogP contribution in [0.3, 0.4) is 0 Å². The van der Waals surface area contributed by atoms with Crippen LogP contribution in [-0.4, -0.2) is 39.9 Å². The quantitative estimate of drug-likeness (QED) is 0.703. The molecule has 0 saturated carbocycles. The third-order valence-electron chi connectivity index (χ3n) is 3.40. The molecule has 2 aliphatic heterocycles. The molecule has 6 heteroatoms. The summed E-state index contributed by atoms with van der Waals surface area (Å²) < 4.78 is 7.20. The number of aromatic hydroxyl groups is 1. The molecule has 2 atom stereocenters. The minimum atomic E-state index is -0.529. The van der Waals surface area contributed by atoms with Crippen LogP contribution in [0.15, 0.2) is 17.1 Å². The molecular weight excluding hydrogens is 236 g/mol. The van der Waals surface area contributed by atoms with Crippen LogP contribution in [0.1, 0.15) is 17.4 Å². The van der Waals surface area contributed by atoms with E-state index in [9.17, 15) is 14.7 Å². The molecule has 0 bridgehead atoms. The minimum Gasteiger partial charge on any atom is -0.503 e. The second-order valence-corrected chi connectivity index (χ2v) is 4.88. The van der Waals surface area contributed by atoms with Crippen molar-refractivity contribution in [3.05, 3.63) is 28.2 Å². The van der Waals surface area contributed by atoms with Crippen molar-refractivity contribution in [1.82, 2.24) is 9.47 Å². The molecule has 1 amide bonds. The molecule has 6 nitrogen and oxygen atoms in total. The molecule has 1 aromatic heterocycles. The third-order valence-corrected chi connectivity index (χ3v) is 3.40. The Kier molecular flexibility index (Phi) is 2.41. The third kappa shape index (κ3) is 1.53. The van der Waals surface area contributed by atoms with E-state index in [2.05, 4.69) is 0 Å². The summed E-state index contributed by atoms with van der Waals surface area (Å²) in [7, 11) is 0. The lowest BCUT2D eigenvalue weighted by Gasteiger charge is -2.42. The first-order valence-corrected chi connectivity index (χ1v) is 5.93. The number of hydrogen-bond acceptors (Lipinski definition) is 4. The number of pyridine rings is 1. The van der Waals surface area contributed by atoms with Crippen LogP contribution in [0.25, 0.3) is 0 Å². The molecule has 0 spiro atoms. The molecule has 0 aromatic carbocycles. The zero-order chi connectivity index (χ0) is 12.9. The van der Waals surface area contributed by atoms with Crippen LogP contribution in [0.2, 0.25) is 0 Å². The van der Waals surface area contributed by atoms with E-state index < -0.39 is 11.2 Å². The first-order chi connectivity index (χ1) is 8.58. The molecular formula is C12H14N2O4. The largest absolute Gasteiger partial charge is 0.503 e. The van der Waals surface area contributed by atoms with Crippen LogP contribution in [0, 0.1) is 5.92 Å². The molecule has 2 aliphatic rings. The molecule has 3 rings (SSSR count). The van der Waals surface area contributed by atoms with Crippen LogP contribution in [0.4, 0.5) is 0 Å². The van der Waals surface area contributed by atoms with Crippen molar-refractivity contribution < 1.29 is 14.6 Å². The molecule has 1 saturated heterocycles. The molecule has 96 valence electrons. The zero-order valence-electron chi connectivity index (χ0n) is 10.00. The average molecular weight is 250 g/mol. The Hall–Kier alpha value is -1.82. The van der Waals surface area contributed by atoms with E-state index in [0.717, 1.165) is 0 Å². The lowest BCUT2D eigenvalue weighted by molar-refractivity contribution is -0.111. The standard InChI is InChI=1S/C12H14N2O4/c1-7-4-14-9(18-6-7)5-13-3-2-8(15)11(16)10(13)12(14)17/h2-3,7,9,16H,4-6H2,1H3/t7-,9-/m0/s1. The van der Waals surface area contributed by atoms with E-state index in [1.807, 2.05) is 6.92 Å². The van der Waals surface area contributed by atoms with Gasteiger partial charge in [-0.2, -0.15) is 0 Å². The fourth-order valence-electron chi connectivity index (χ4n) is 2.48. The summed E-state index contributed by atoms with van der Waals surface area (Å²) in [4.78, 5) is 25.3. The smallest absolute Gasteiger partial charge is 0.276 e. The highest BCUT2D eigenvalue weighted by Gasteiger charge is 2.38. The number of rotatable bonds is 0. The molecule has 1 N–H and O–H groups in total. The van der Waals surface area contributed by atoms with Gasteiger partial charge in [0.25, 0.3) is 5.91 Å². The fraction of sp³-hybridized carbons (Fsp3) is 0.500. The predicted molar refractivity (Wildman–Crippen MR) is 62.3 cm³/mol. The maximum atomic E-state index is 12.3. The van der Waals surface area contributed by atoms with Gasteiger partial charge in [-0.3, -0.25) is 9.59 Å². The summed E-state index contributed by atoms with van der Waals surface area (Å²) in [6.45, 7) is 3.65. The minimum absolute atomic E-state index is 0.0662. The van der Waals surface area contributed by atoms with Gasteiger partial charge in [-0.05, 0) is 5.92 Å². The summed E-state index contributed by atoms with van der Waals surface area (Å²) in [5.74, 6) is -0.554. The topological polar surface area (TPSA) is 71.8 Å². The number of carbonyl (C=O) groups is 1. The van der Waals surface area contributed by atoms with Gasteiger partial charge in [-0.25, -0.2) is 0 Å². The molecule has 0 aliphatic carbocycles. The Balaban J connectivity index is 2.08.